The molecule has 1 aliphatic heterocycles. The quantitative estimate of drug-likeness (QED) is 0.479. The molecule has 0 aliphatic carbocycles. The van der Waals surface area contributed by atoms with Crippen LogP contribution in [-0.2, 0) is 6.42 Å². The van der Waals surface area contributed by atoms with Crippen LogP contribution >= 0.6 is 11.3 Å². The highest BCUT2D eigenvalue weighted by atomic mass is 32.1. The summed E-state index contributed by atoms with van der Waals surface area (Å²) >= 11 is 1.40. The van der Waals surface area contributed by atoms with Crippen LogP contribution < -0.4 is 5.32 Å². The van der Waals surface area contributed by atoms with Crippen LogP contribution in [0.15, 0.2) is 89.4 Å². The lowest BCUT2D eigenvalue weighted by Gasteiger charge is -2.09. The molecule has 140 valence electrons. The normalized spacial score (nSPS) is 12.3. The summed E-state index contributed by atoms with van der Waals surface area (Å²) in [5.74, 6) is -0.182. The van der Waals surface area contributed by atoms with Crippen LogP contribution in [0.25, 0.3) is 11.1 Å². The second kappa shape index (κ2) is 7.45. The number of hydrogen-bond acceptors (Lipinski definition) is 4. The van der Waals surface area contributed by atoms with Gasteiger partial charge in [0.1, 0.15) is 0 Å². The molecule has 0 atom stereocenters. The number of para-hydroxylation sites is 1. The van der Waals surface area contributed by atoms with E-state index in [1.807, 2.05) is 53.9 Å². The first-order valence-electron chi connectivity index (χ1n) is 9.35. The van der Waals surface area contributed by atoms with Crippen LogP contribution in [0.1, 0.15) is 21.5 Å². The van der Waals surface area contributed by atoms with Gasteiger partial charge in [0, 0.05) is 23.6 Å². The zero-order valence-corrected chi connectivity index (χ0v) is 16.3. The number of thiazole rings is 1. The molecular weight excluding hydrogens is 378 g/mol. The summed E-state index contributed by atoms with van der Waals surface area (Å²) in [6.45, 7) is 0. The molecular formula is C24H17N3OS. The van der Waals surface area contributed by atoms with Gasteiger partial charge in [0.2, 0.25) is 0 Å². The van der Waals surface area contributed by atoms with Gasteiger partial charge in [-0.2, -0.15) is 0 Å². The molecule has 4 aromatic rings. The van der Waals surface area contributed by atoms with Crippen molar-refractivity contribution in [2.45, 2.75) is 6.42 Å². The van der Waals surface area contributed by atoms with E-state index in [0.29, 0.717) is 17.1 Å². The number of carbonyl (C=O) groups is 1. The predicted molar refractivity (Wildman–Crippen MR) is 118 cm³/mol. The number of hydrogen-bond donors (Lipinski definition) is 1. The number of amides is 1. The van der Waals surface area contributed by atoms with E-state index in [-0.39, 0.29) is 5.91 Å². The number of anilines is 1. The van der Waals surface area contributed by atoms with E-state index in [9.17, 15) is 4.79 Å². The van der Waals surface area contributed by atoms with Crippen molar-refractivity contribution < 1.29 is 4.79 Å². The largest absolute Gasteiger partial charge is 0.298 e. The van der Waals surface area contributed by atoms with Gasteiger partial charge in [-0.3, -0.25) is 15.1 Å². The van der Waals surface area contributed by atoms with E-state index in [1.54, 1.807) is 6.20 Å². The third kappa shape index (κ3) is 3.37. The van der Waals surface area contributed by atoms with E-state index in [4.69, 9.17) is 4.99 Å². The summed E-state index contributed by atoms with van der Waals surface area (Å²) in [5.41, 5.74) is 6.77. The van der Waals surface area contributed by atoms with E-state index in [1.165, 1.54) is 11.3 Å². The standard InChI is InChI=1S/C24H17N3OS/c28-23(27-24-25-13-14-29-24)20-12-6-9-17-15-21(26-22(17)20)19-11-5-4-10-18(19)16-7-2-1-3-8-16/h1-14H,15H2,(H,25,27,28). The summed E-state index contributed by atoms with van der Waals surface area (Å²) in [7, 11) is 0. The fourth-order valence-electron chi connectivity index (χ4n) is 3.61. The summed E-state index contributed by atoms with van der Waals surface area (Å²) in [5, 5.41) is 5.28. The second-order valence-corrected chi connectivity index (χ2v) is 7.65. The number of fused-ring (bicyclic) bond motifs is 1. The fraction of sp³-hybridized carbons (Fsp3) is 0.0417. The van der Waals surface area contributed by atoms with Crippen molar-refractivity contribution in [1.29, 1.82) is 0 Å². The van der Waals surface area contributed by atoms with Crippen molar-refractivity contribution in [3.8, 4) is 11.1 Å². The lowest BCUT2D eigenvalue weighted by Crippen LogP contribution is -2.11. The minimum atomic E-state index is -0.182. The molecule has 5 heteroatoms. The molecule has 0 spiro atoms. The number of aliphatic imine (C=N–C) groups is 1. The first-order valence-corrected chi connectivity index (χ1v) is 10.2. The Bertz CT molecular complexity index is 1210. The highest BCUT2D eigenvalue weighted by Gasteiger charge is 2.23. The van der Waals surface area contributed by atoms with Gasteiger partial charge < -0.3 is 0 Å². The Morgan fingerprint density at radius 2 is 1.69 bits per heavy atom. The molecule has 0 bridgehead atoms. The number of nitrogens with one attached hydrogen (secondary N) is 1. The highest BCUT2D eigenvalue weighted by molar-refractivity contribution is 7.13. The van der Waals surface area contributed by atoms with Crippen LogP contribution in [0.3, 0.4) is 0 Å². The first-order chi connectivity index (χ1) is 14.3. The molecule has 0 fully saturated rings. The first kappa shape index (κ1) is 17.5. The Hall–Kier alpha value is -3.57. The molecule has 0 saturated carbocycles. The zero-order valence-electron chi connectivity index (χ0n) is 15.5. The van der Waals surface area contributed by atoms with Crippen molar-refractivity contribution in [2.75, 3.05) is 5.32 Å². The van der Waals surface area contributed by atoms with Crippen LogP contribution in [0.4, 0.5) is 10.8 Å². The Morgan fingerprint density at radius 1 is 0.897 bits per heavy atom. The van der Waals surface area contributed by atoms with Crippen molar-refractivity contribution >= 4 is 33.8 Å². The maximum Gasteiger partial charge on any atom is 0.259 e. The highest BCUT2D eigenvalue weighted by Crippen LogP contribution is 2.35. The van der Waals surface area contributed by atoms with Crippen LogP contribution in [-0.4, -0.2) is 16.6 Å². The van der Waals surface area contributed by atoms with Crippen molar-refractivity contribution in [3.63, 3.8) is 0 Å². The predicted octanol–water partition coefficient (Wildman–Crippen LogP) is 5.74. The van der Waals surface area contributed by atoms with E-state index < -0.39 is 0 Å². The lowest BCUT2D eigenvalue weighted by atomic mass is 9.94. The second-order valence-electron chi connectivity index (χ2n) is 6.75. The molecule has 0 unspecified atom stereocenters. The molecule has 1 amide bonds. The average Bonchev–Trinajstić information content (AvgIpc) is 3.43. The zero-order chi connectivity index (χ0) is 19.6. The number of nitrogens with zero attached hydrogens (tertiary/aromatic N) is 2. The third-order valence-electron chi connectivity index (χ3n) is 4.94. The minimum Gasteiger partial charge on any atom is -0.298 e. The van der Waals surface area contributed by atoms with E-state index in [2.05, 4.69) is 34.6 Å². The summed E-state index contributed by atoms with van der Waals surface area (Å²) in [6, 6.07) is 24.4. The Balaban J connectivity index is 1.53. The molecule has 1 N–H and O–H groups in total. The Kier molecular flexibility index (Phi) is 4.50. The summed E-state index contributed by atoms with van der Waals surface area (Å²) in [4.78, 5) is 21.8. The van der Waals surface area contributed by atoms with Gasteiger partial charge in [0.05, 0.1) is 17.0 Å². The smallest absolute Gasteiger partial charge is 0.259 e. The Labute approximate surface area is 172 Å². The molecule has 5 rings (SSSR count). The van der Waals surface area contributed by atoms with Gasteiger partial charge in [-0.1, -0.05) is 66.7 Å². The van der Waals surface area contributed by atoms with Gasteiger partial charge in [-0.15, -0.1) is 11.3 Å². The number of carbonyl (C=O) groups excluding carboxylic acids is 1. The molecule has 3 aromatic carbocycles. The Morgan fingerprint density at radius 3 is 2.48 bits per heavy atom. The number of benzene rings is 3. The molecule has 2 heterocycles. The molecule has 0 saturated heterocycles. The van der Waals surface area contributed by atoms with Crippen LogP contribution in [0, 0.1) is 0 Å². The monoisotopic (exact) mass is 395 g/mol. The maximum atomic E-state index is 12.8. The van der Waals surface area contributed by atoms with Crippen LogP contribution in [0.5, 0.6) is 0 Å². The summed E-state index contributed by atoms with van der Waals surface area (Å²) < 4.78 is 0. The molecule has 4 nitrogen and oxygen atoms in total. The number of rotatable bonds is 4. The SMILES string of the molecule is O=C(Nc1nccs1)c1cccc2c1N=C(c1ccccc1-c1ccccc1)C2. The topological polar surface area (TPSA) is 54.4 Å². The number of aromatic nitrogens is 1. The van der Waals surface area contributed by atoms with E-state index in [0.717, 1.165) is 33.7 Å². The van der Waals surface area contributed by atoms with Gasteiger partial charge in [-0.25, -0.2) is 4.98 Å². The molecule has 1 aromatic heterocycles. The lowest BCUT2D eigenvalue weighted by molar-refractivity contribution is 0.102. The van der Waals surface area contributed by atoms with Crippen molar-refractivity contribution in [2.24, 2.45) is 4.99 Å². The van der Waals surface area contributed by atoms with Crippen molar-refractivity contribution in [1.82, 2.24) is 4.98 Å². The van der Waals surface area contributed by atoms with Gasteiger partial charge in [0.15, 0.2) is 5.13 Å². The average molecular weight is 395 g/mol. The molecule has 0 radical (unpaired) electrons. The molecule has 1 aliphatic rings. The molecule has 29 heavy (non-hydrogen) atoms. The van der Waals surface area contributed by atoms with E-state index >= 15 is 0 Å². The third-order valence-corrected chi connectivity index (χ3v) is 5.63. The van der Waals surface area contributed by atoms with Crippen LogP contribution in [0.2, 0.25) is 0 Å². The minimum absolute atomic E-state index is 0.182. The fourth-order valence-corrected chi connectivity index (χ4v) is 4.14. The summed E-state index contributed by atoms with van der Waals surface area (Å²) in [6.07, 6.45) is 2.38. The van der Waals surface area contributed by atoms with Crippen molar-refractivity contribution in [3.05, 3.63) is 101 Å². The van der Waals surface area contributed by atoms with Gasteiger partial charge in [-0.05, 0) is 22.8 Å². The maximum absolute atomic E-state index is 12.8. The van der Waals surface area contributed by atoms with Gasteiger partial charge in [0.25, 0.3) is 5.91 Å². The van der Waals surface area contributed by atoms with Gasteiger partial charge >= 0.3 is 0 Å².